The van der Waals surface area contributed by atoms with Crippen LogP contribution in [0.4, 0.5) is 5.82 Å². The van der Waals surface area contributed by atoms with Gasteiger partial charge in [0, 0.05) is 57.6 Å². The normalized spacial score (nSPS) is 16.8. The molecule has 0 N–H and O–H groups in total. The van der Waals surface area contributed by atoms with E-state index in [0.29, 0.717) is 55.0 Å². The van der Waals surface area contributed by atoms with Crippen LogP contribution in [0.25, 0.3) is 0 Å². The van der Waals surface area contributed by atoms with Crippen molar-refractivity contribution in [3.63, 3.8) is 0 Å². The van der Waals surface area contributed by atoms with Crippen LogP contribution in [0.5, 0.6) is 0 Å². The summed E-state index contributed by atoms with van der Waals surface area (Å²) < 4.78 is 11.0. The van der Waals surface area contributed by atoms with E-state index in [-0.39, 0.29) is 17.8 Å². The van der Waals surface area contributed by atoms with E-state index in [4.69, 9.17) is 14.1 Å². The summed E-state index contributed by atoms with van der Waals surface area (Å²) in [5, 5.41) is 0.701. The van der Waals surface area contributed by atoms with Crippen LogP contribution in [-0.4, -0.2) is 77.5 Å². The SMILES string of the molecule is CCOC(=O)C1CCN(C(=O)c2ccc(CSc3nc(C)cc(N4CCN(Cc5ccccc5)CC4)n3)o2)CC1. The molecule has 2 fully saturated rings. The molecule has 0 atom stereocenters. The minimum Gasteiger partial charge on any atom is -0.466 e. The van der Waals surface area contributed by atoms with Crippen molar-refractivity contribution in [2.75, 3.05) is 50.8 Å². The summed E-state index contributed by atoms with van der Waals surface area (Å²) in [6.07, 6.45) is 1.23. The predicted octanol–water partition coefficient (Wildman–Crippen LogP) is 4.41. The van der Waals surface area contributed by atoms with Crippen LogP contribution in [-0.2, 0) is 21.8 Å². The van der Waals surface area contributed by atoms with Gasteiger partial charge in [-0.25, -0.2) is 9.97 Å². The third kappa shape index (κ3) is 7.22. The number of carbonyl (C=O) groups is 2. The number of hydrogen-bond donors (Lipinski definition) is 0. The molecule has 1 aromatic carbocycles. The monoisotopic (exact) mass is 563 g/mol. The maximum atomic E-state index is 13.0. The molecule has 9 nitrogen and oxygen atoms in total. The molecule has 40 heavy (non-hydrogen) atoms. The zero-order valence-corrected chi connectivity index (χ0v) is 24.1. The number of esters is 1. The van der Waals surface area contributed by atoms with E-state index in [1.165, 1.54) is 17.3 Å². The summed E-state index contributed by atoms with van der Waals surface area (Å²) in [7, 11) is 0. The summed E-state index contributed by atoms with van der Waals surface area (Å²) in [6, 6.07) is 16.2. The highest BCUT2D eigenvalue weighted by Gasteiger charge is 2.30. The van der Waals surface area contributed by atoms with Crippen LogP contribution in [0.2, 0.25) is 0 Å². The second-order valence-electron chi connectivity index (χ2n) is 10.3. The number of piperazine rings is 1. The Kier molecular flexibility index (Phi) is 9.38. The van der Waals surface area contributed by atoms with Crippen molar-refractivity contribution in [2.45, 2.75) is 44.1 Å². The van der Waals surface area contributed by atoms with E-state index in [0.717, 1.165) is 44.2 Å². The maximum Gasteiger partial charge on any atom is 0.309 e. The van der Waals surface area contributed by atoms with Crippen molar-refractivity contribution in [3.8, 4) is 0 Å². The molecule has 0 spiro atoms. The lowest BCUT2D eigenvalue weighted by Gasteiger charge is -2.35. The third-order valence-corrected chi connectivity index (χ3v) is 8.25. The lowest BCUT2D eigenvalue weighted by molar-refractivity contribution is -0.149. The van der Waals surface area contributed by atoms with Crippen molar-refractivity contribution < 1.29 is 18.7 Å². The van der Waals surface area contributed by atoms with E-state index in [1.807, 2.05) is 26.0 Å². The Hall–Kier alpha value is -3.37. The van der Waals surface area contributed by atoms with E-state index in [9.17, 15) is 9.59 Å². The van der Waals surface area contributed by atoms with Gasteiger partial charge in [-0.2, -0.15) is 0 Å². The van der Waals surface area contributed by atoms with Crippen LogP contribution < -0.4 is 4.90 Å². The summed E-state index contributed by atoms with van der Waals surface area (Å²) >= 11 is 1.51. The largest absolute Gasteiger partial charge is 0.466 e. The Bertz CT molecular complexity index is 1280. The standard InChI is InChI=1S/C30H37N5O4S/c1-3-38-29(37)24-11-13-35(14-12-24)28(36)26-10-9-25(39-26)21-40-30-31-22(2)19-27(32-30)34-17-15-33(16-18-34)20-23-7-5-4-6-8-23/h4-10,19,24H,3,11-18,20-21H2,1-2H3. The lowest BCUT2D eigenvalue weighted by Crippen LogP contribution is -2.46. The number of rotatable bonds is 9. The molecule has 5 rings (SSSR count). The molecule has 0 unspecified atom stereocenters. The van der Waals surface area contributed by atoms with Crippen LogP contribution in [0.15, 0.2) is 58.1 Å². The van der Waals surface area contributed by atoms with E-state index in [1.54, 1.807) is 11.0 Å². The third-order valence-electron chi connectivity index (χ3n) is 7.38. The van der Waals surface area contributed by atoms with Crippen LogP contribution in [0.3, 0.4) is 0 Å². The number of benzene rings is 1. The van der Waals surface area contributed by atoms with E-state index < -0.39 is 0 Å². The molecule has 2 aliphatic heterocycles. The molecule has 0 radical (unpaired) electrons. The fourth-order valence-electron chi connectivity index (χ4n) is 5.17. The highest BCUT2D eigenvalue weighted by molar-refractivity contribution is 7.98. The number of furan rings is 1. The fraction of sp³-hybridized carbons (Fsp3) is 0.467. The van der Waals surface area contributed by atoms with Gasteiger partial charge in [-0.15, -0.1) is 0 Å². The molecule has 0 saturated carbocycles. The topological polar surface area (TPSA) is 92.0 Å². The molecule has 10 heteroatoms. The number of nitrogens with zero attached hydrogens (tertiary/aromatic N) is 5. The number of aryl methyl sites for hydroxylation is 1. The number of carbonyl (C=O) groups excluding carboxylic acids is 2. The molecule has 2 aromatic heterocycles. The van der Waals surface area contributed by atoms with Gasteiger partial charge in [0.05, 0.1) is 18.3 Å². The number of hydrogen-bond acceptors (Lipinski definition) is 9. The van der Waals surface area contributed by atoms with Gasteiger partial charge in [0.25, 0.3) is 5.91 Å². The number of aromatic nitrogens is 2. The van der Waals surface area contributed by atoms with Gasteiger partial charge in [0.2, 0.25) is 0 Å². The molecule has 212 valence electrons. The van der Waals surface area contributed by atoms with Crippen molar-refractivity contribution in [1.82, 2.24) is 19.8 Å². The quantitative estimate of drug-likeness (QED) is 0.213. The molecule has 4 heterocycles. The summed E-state index contributed by atoms with van der Waals surface area (Å²) in [5.74, 6) is 2.07. The van der Waals surface area contributed by atoms with Gasteiger partial charge in [0.1, 0.15) is 11.6 Å². The van der Waals surface area contributed by atoms with Crippen LogP contribution in [0, 0.1) is 12.8 Å². The predicted molar refractivity (Wildman–Crippen MR) is 154 cm³/mol. The minimum atomic E-state index is -0.168. The second kappa shape index (κ2) is 13.3. The molecule has 1 amide bonds. The molecular formula is C30H37N5O4S. The number of anilines is 1. The summed E-state index contributed by atoms with van der Waals surface area (Å²) in [4.78, 5) is 41.0. The summed E-state index contributed by atoms with van der Waals surface area (Å²) in [6.45, 7) is 10.0. The molecule has 0 bridgehead atoms. The first-order valence-corrected chi connectivity index (χ1v) is 15.0. The Balaban J connectivity index is 1.12. The first-order chi connectivity index (χ1) is 19.5. The van der Waals surface area contributed by atoms with Gasteiger partial charge in [-0.05, 0) is 44.4 Å². The Morgan fingerprint density at radius 1 is 1.00 bits per heavy atom. The molecular weight excluding hydrogens is 526 g/mol. The van der Waals surface area contributed by atoms with Crippen molar-refractivity contribution in [1.29, 1.82) is 0 Å². The zero-order chi connectivity index (χ0) is 27.9. The van der Waals surface area contributed by atoms with Gasteiger partial charge in [0.15, 0.2) is 10.9 Å². The number of amides is 1. The Labute approximate surface area is 239 Å². The minimum absolute atomic E-state index is 0.134. The smallest absolute Gasteiger partial charge is 0.309 e. The first kappa shape index (κ1) is 28.2. The van der Waals surface area contributed by atoms with E-state index in [2.05, 4.69) is 45.1 Å². The fourth-order valence-corrected chi connectivity index (χ4v) is 5.96. The molecule has 2 aliphatic rings. The van der Waals surface area contributed by atoms with Crippen molar-refractivity contribution in [3.05, 3.63) is 71.3 Å². The van der Waals surface area contributed by atoms with Crippen molar-refractivity contribution in [2.24, 2.45) is 5.92 Å². The summed E-state index contributed by atoms with van der Waals surface area (Å²) in [5.41, 5.74) is 2.27. The first-order valence-electron chi connectivity index (χ1n) is 14.0. The highest BCUT2D eigenvalue weighted by atomic mass is 32.2. The van der Waals surface area contributed by atoms with E-state index >= 15 is 0 Å². The maximum absolute atomic E-state index is 13.0. The highest BCUT2D eigenvalue weighted by Crippen LogP contribution is 2.26. The van der Waals surface area contributed by atoms with Crippen LogP contribution >= 0.6 is 11.8 Å². The Morgan fingerprint density at radius 3 is 2.48 bits per heavy atom. The van der Waals surface area contributed by atoms with Gasteiger partial charge >= 0.3 is 5.97 Å². The average Bonchev–Trinajstić information content (AvgIpc) is 3.46. The Morgan fingerprint density at radius 2 is 1.75 bits per heavy atom. The number of ether oxygens (including phenoxy) is 1. The molecule has 3 aromatic rings. The second-order valence-corrected chi connectivity index (χ2v) is 11.2. The van der Waals surface area contributed by atoms with Gasteiger partial charge in [-0.1, -0.05) is 42.1 Å². The van der Waals surface area contributed by atoms with Gasteiger partial charge in [-0.3, -0.25) is 14.5 Å². The lowest BCUT2D eigenvalue weighted by atomic mass is 9.97. The van der Waals surface area contributed by atoms with Crippen molar-refractivity contribution >= 4 is 29.5 Å². The van der Waals surface area contributed by atoms with Crippen LogP contribution in [0.1, 0.15) is 47.3 Å². The molecule has 2 saturated heterocycles. The zero-order valence-electron chi connectivity index (χ0n) is 23.3. The number of piperidine rings is 1. The number of thioether (sulfide) groups is 1. The average molecular weight is 564 g/mol. The van der Waals surface area contributed by atoms with Gasteiger partial charge < -0.3 is 19.0 Å². The molecule has 0 aliphatic carbocycles. The number of likely N-dealkylation sites (tertiary alicyclic amines) is 1.